The second-order valence-electron chi connectivity index (χ2n) is 7.40. The third-order valence-corrected chi connectivity index (χ3v) is 4.17. The Morgan fingerprint density at radius 3 is 2.52 bits per heavy atom. The largest absolute Gasteiger partial charge is 0.394 e. The fourth-order valence-corrected chi connectivity index (χ4v) is 2.67. The molecule has 1 aromatic carbocycles. The number of benzene rings is 1. The molecular weight excluding hydrogens is 290 g/mol. The van der Waals surface area contributed by atoms with Gasteiger partial charge in [-0.1, -0.05) is 32.9 Å². The summed E-state index contributed by atoms with van der Waals surface area (Å²) in [5, 5.41) is 12.4. The van der Waals surface area contributed by atoms with Crippen LogP contribution in [0.15, 0.2) is 30.6 Å². The Hall–Kier alpha value is -1.88. The number of carbonyl (C=O) groups is 1. The maximum absolute atomic E-state index is 12.4. The molecule has 1 heterocycles. The van der Waals surface area contributed by atoms with Crippen LogP contribution in [0.5, 0.6) is 0 Å². The Morgan fingerprint density at radius 2 is 1.96 bits per heavy atom. The number of nitrogens with one attached hydrogen (secondary N) is 1. The number of aliphatic hydroxyl groups is 1. The first-order valence-corrected chi connectivity index (χ1v) is 8.13. The third-order valence-electron chi connectivity index (χ3n) is 4.17. The highest BCUT2D eigenvalue weighted by Crippen LogP contribution is 2.19. The molecule has 2 rings (SSSR count). The highest BCUT2D eigenvalue weighted by molar-refractivity contribution is 5.76. The van der Waals surface area contributed by atoms with Crippen LogP contribution in [0.4, 0.5) is 0 Å². The summed E-state index contributed by atoms with van der Waals surface area (Å²) in [5.74, 6) is -0.0874. The van der Waals surface area contributed by atoms with Gasteiger partial charge in [-0.2, -0.15) is 0 Å². The monoisotopic (exact) mass is 318 g/mol. The lowest BCUT2D eigenvalue weighted by atomic mass is 9.87. The van der Waals surface area contributed by atoms with Gasteiger partial charge in [-0.3, -0.25) is 4.79 Å². The first kappa shape index (κ1) is 17.5. The minimum atomic E-state index is -0.256. The number of aliphatic hydroxyl groups excluding tert-OH is 1. The number of carbonyl (C=O) groups excluding carboxylic acids is 1. The SMILES string of the molecule is CC(C)n1c[n+](CC(=O)N[C@H](CO)C(C)(C)C)c2ccccc21. The van der Waals surface area contributed by atoms with Crippen molar-refractivity contribution in [1.29, 1.82) is 0 Å². The van der Waals surface area contributed by atoms with Crippen LogP contribution in [-0.4, -0.2) is 28.2 Å². The Balaban J connectivity index is 2.23. The van der Waals surface area contributed by atoms with Crippen molar-refractivity contribution in [2.24, 2.45) is 5.41 Å². The molecule has 0 fully saturated rings. The summed E-state index contributed by atoms with van der Waals surface area (Å²) in [6.45, 7) is 10.4. The second-order valence-corrected chi connectivity index (χ2v) is 7.40. The van der Waals surface area contributed by atoms with E-state index in [4.69, 9.17) is 0 Å². The summed E-state index contributed by atoms with van der Waals surface area (Å²) in [5.41, 5.74) is 1.97. The predicted octanol–water partition coefficient (Wildman–Crippen LogP) is 2.03. The molecule has 23 heavy (non-hydrogen) atoms. The summed E-state index contributed by atoms with van der Waals surface area (Å²) >= 11 is 0. The molecule has 0 aliphatic carbocycles. The number of amides is 1. The molecule has 0 saturated carbocycles. The summed E-state index contributed by atoms with van der Waals surface area (Å²) < 4.78 is 4.12. The van der Waals surface area contributed by atoms with Gasteiger partial charge >= 0.3 is 0 Å². The molecule has 1 aromatic heterocycles. The van der Waals surface area contributed by atoms with Crippen LogP contribution in [-0.2, 0) is 11.3 Å². The standard InChI is InChI=1S/C18H27N3O2/c1-13(2)21-12-20(14-8-6-7-9-15(14)21)10-17(23)19-16(11-22)18(3,4)5/h6-9,12-13,16,22H,10-11H2,1-5H3/p+1/t16-/m1/s1. The molecule has 0 bridgehead atoms. The minimum absolute atomic E-state index is 0.0618. The van der Waals surface area contributed by atoms with Crippen LogP contribution >= 0.6 is 0 Å². The van der Waals surface area contributed by atoms with E-state index in [1.807, 2.05) is 49.9 Å². The van der Waals surface area contributed by atoms with Gasteiger partial charge in [0.1, 0.15) is 0 Å². The maximum atomic E-state index is 12.4. The van der Waals surface area contributed by atoms with E-state index >= 15 is 0 Å². The Kier molecular flexibility index (Phi) is 5.09. The number of hydrogen-bond donors (Lipinski definition) is 2. The highest BCUT2D eigenvalue weighted by atomic mass is 16.3. The van der Waals surface area contributed by atoms with Gasteiger partial charge in [0.25, 0.3) is 5.91 Å². The lowest BCUT2D eigenvalue weighted by molar-refractivity contribution is -0.659. The van der Waals surface area contributed by atoms with Crippen molar-refractivity contribution in [2.75, 3.05) is 6.61 Å². The number of aromatic nitrogens is 2. The molecule has 2 N–H and O–H groups in total. The number of fused-ring (bicyclic) bond motifs is 1. The van der Waals surface area contributed by atoms with Crippen LogP contribution in [0.1, 0.15) is 40.7 Å². The number of hydrogen-bond acceptors (Lipinski definition) is 2. The summed E-state index contributed by atoms with van der Waals surface area (Å²) in [6.07, 6.45) is 1.99. The van der Waals surface area contributed by atoms with E-state index in [2.05, 4.69) is 29.8 Å². The molecule has 0 radical (unpaired) electrons. The number of imidazole rings is 1. The smallest absolute Gasteiger partial charge is 0.262 e. The quantitative estimate of drug-likeness (QED) is 0.829. The van der Waals surface area contributed by atoms with Crippen molar-refractivity contribution >= 4 is 16.9 Å². The van der Waals surface area contributed by atoms with Crippen molar-refractivity contribution in [3.8, 4) is 0 Å². The van der Waals surface area contributed by atoms with Gasteiger partial charge in [0.05, 0.1) is 18.7 Å². The van der Waals surface area contributed by atoms with Gasteiger partial charge in [-0.15, -0.1) is 0 Å². The van der Waals surface area contributed by atoms with Crippen LogP contribution in [0.25, 0.3) is 11.0 Å². The molecule has 0 unspecified atom stereocenters. The maximum Gasteiger partial charge on any atom is 0.262 e. The highest BCUT2D eigenvalue weighted by Gasteiger charge is 2.27. The van der Waals surface area contributed by atoms with E-state index in [-0.39, 0.29) is 30.5 Å². The third kappa shape index (κ3) is 3.91. The average molecular weight is 318 g/mol. The van der Waals surface area contributed by atoms with E-state index in [0.717, 1.165) is 11.0 Å². The molecule has 0 aliphatic rings. The van der Waals surface area contributed by atoms with Gasteiger partial charge in [0, 0.05) is 0 Å². The van der Waals surface area contributed by atoms with E-state index in [1.165, 1.54) is 0 Å². The summed E-state index contributed by atoms with van der Waals surface area (Å²) in [4.78, 5) is 12.4. The van der Waals surface area contributed by atoms with Crippen LogP contribution < -0.4 is 9.88 Å². The zero-order chi connectivity index (χ0) is 17.2. The summed E-state index contributed by atoms with van der Waals surface area (Å²) in [6, 6.07) is 8.14. The van der Waals surface area contributed by atoms with Gasteiger partial charge in [0.15, 0.2) is 17.6 Å². The molecule has 5 heteroatoms. The van der Waals surface area contributed by atoms with Crippen LogP contribution in [0.3, 0.4) is 0 Å². The van der Waals surface area contributed by atoms with Gasteiger partial charge in [-0.25, -0.2) is 9.13 Å². The molecule has 5 nitrogen and oxygen atoms in total. The van der Waals surface area contributed by atoms with Crippen molar-refractivity contribution < 1.29 is 14.5 Å². The van der Waals surface area contributed by atoms with Crippen molar-refractivity contribution in [2.45, 2.75) is 53.2 Å². The zero-order valence-electron chi connectivity index (χ0n) is 14.7. The summed E-state index contributed by atoms with van der Waals surface area (Å²) in [7, 11) is 0. The molecule has 0 spiro atoms. The molecular formula is C18H28N3O2+. The zero-order valence-corrected chi connectivity index (χ0v) is 14.7. The Bertz CT molecular complexity index is 683. The molecule has 126 valence electrons. The van der Waals surface area contributed by atoms with Gasteiger partial charge in [0.2, 0.25) is 6.33 Å². The van der Waals surface area contributed by atoms with Crippen LogP contribution in [0.2, 0.25) is 0 Å². The van der Waals surface area contributed by atoms with E-state index < -0.39 is 0 Å². The number of nitrogens with zero attached hydrogens (tertiary/aromatic N) is 2. The lowest BCUT2D eigenvalue weighted by Gasteiger charge is -2.29. The van der Waals surface area contributed by atoms with Gasteiger partial charge < -0.3 is 10.4 Å². The van der Waals surface area contributed by atoms with Crippen LogP contribution in [0, 0.1) is 5.41 Å². The van der Waals surface area contributed by atoms with Crippen molar-refractivity contribution in [1.82, 2.24) is 9.88 Å². The molecule has 1 amide bonds. The fraction of sp³-hybridized carbons (Fsp3) is 0.556. The molecule has 2 aromatic rings. The Labute approximate surface area is 137 Å². The normalized spacial score (nSPS) is 13.5. The fourth-order valence-electron chi connectivity index (χ4n) is 2.67. The topological polar surface area (TPSA) is 58.1 Å². The number of rotatable bonds is 5. The molecule has 0 aliphatic heterocycles. The predicted molar refractivity (Wildman–Crippen MR) is 91.0 cm³/mol. The Morgan fingerprint density at radius 1 is 1.30 bits per heavy atom. The molecule has 0 saturated heterocycles. The van der Waals surface area contributed by atoms with Gasteiger partial charge in [-0.05, 0) is 31.4 Å². The lowest BCUT2D eigenvalue weighted by Crippen LogP contribution is -2.51. The molecule has 1 atom stereocenters. The van der Waals surface area contributed by atoms with Crippen molar-refractivity contribution in [3.05, 3.63) is 30.6 Å². The first-order valence-electron chi connectivity index (χ1n) is 8.13. The van der Waals surface area contributed by atoms with E-state index in [0.29, 0.717) is 6.04 Å². The van der Waals surface area contributed by atoms with E-state index in [9.17, 15) is 9.90 Å². The van der Waals surface area contributed by atoms with E-state index in [1.54, 1.807) is 0 Å². The van der Waals surface area contributed by atoms with Crippen molar-refractivity contribution in [3.63, 3.8) is 0 Å². The second kappa shape index (κ2) is 6.71. The first-order chi connectivity index (χ1) is 10.7. The number of para-hydroxylation sites is 2. The average Bonchev–Trinajstić information content (AvgIpc) is 2.83. The minimum Gasteiger partial charge on any atom is -0.394 e.